The van der Waals surface area contributed by atoms with Gasteiger partial charge in [0.2, 0.25) is 0 Å². The maximum absolute atomic E-state index is 14.4. The van der Waals surface area contributed by atoms with E-state index in [1.165, 1.54) is 0 Å². The van der Waals surface area contributed by atoms with E-state index in [2.05, 4.69) is 0 Å². The summed E-state index contributed by atoms with van der Waals surface area (Å²) < 4.78 is 36.2. The van der Waals surface area contributed by atoms with Crippen molar-refractivity contribution in [1.29, 1.82) is 0 Å². The third-order valence-electron chi connectivity index (χ3n) is 4.58. The normalized spacial score (nSPS) is 24.3. The molecule has 2 aromatic carbocycles. The number of rotatable bonds is 9. The van der Waals surface area contributed by atoms with Crippen LogP contribution in [0.2, 0.25) is 0 Å². The fourth-order valence-electron chi connectivity index (χ4n) is 2.96. The summed E-state index contributed by atoms with van der Waals surface area (Å²) in [7, 11) is 3.22. The van der Waals surface area contributed by atoms with E-state index in [0.29, 0.717) is 13.2 Å². The quantitative estimate of drug-likeness (QED) is 0.685. The Morgan fingerprint density at radius 1 is 0.893 bits per heavy atom. The Bertz CT molecular complexity index is 725. The van der Waals surface area contributed by atoms with Crippen LogP contribution in [0.25, 0.3) is 0 Å². The molecule has 1 aliphatic rings. The van der Waals surface area contributed by atoms with Crippen LogP contribution in [-0.2, 0) is 22.7 Å². The summed E-state index contributed by atoms with van der Waals surface area (Å²) in [4.78, 5) is 0. The molecule has 2 aromatic rings. The largest absolute Gasteiger partial charge is 0.497 e. The molecular weight excluding hydrogens is 383 g/mol. The lowest BCUT2D eigenvalue weighted by Crippen LogP contribution is -2.34. The van der Waals surface area contributed by atoms with Gasteiger partial charge in [0, 0.05) is 0 Å². The lowest BCUT2D eigenvalue weighted by Gasteiger charge is -2.21. The van der Waals surface area contributed by atoms with Crippen molar-refractivity contribution in [2.45, 2.75) is 36.2 Å². The number of ether oxygens (including phenoxy) is 4. The number of methoxy groups -OCH3 is 2. The highest BCUT2D eigenvalue weighted by Crippen LogP contribution is 2.37. The Labute approximate surface area is 168 Å². The Balaban J connectivity index is 1.51. The van der Waals surface area contributed by atoms with Crippen LogP contribution in [-0.4, -0.2) is 48.9 Å². The second kappa shape index (κ2) is 10.1. The van der Waals surface area contributed by atoms with E-state index in [9.17, 15) is 9.50 Å². The van der Waals surface area contributed by atoms with E-state index in [0.717, 1.165) is 34.4 Å². The zero-order valence-electron chi connectivity index (χ0n) is 15.9. The highest BCUT2D eigenvalue weighted by atomic mass is 32.2. The van der Waals surface area contributed by atoms with Crippen molar-refractivity contribution in [3.8, 4) is 11.5 Å². The molecule has 1 fully saturated rings. The van der Waals surface area contributed by atoms with Gasteiger partial charge >= 0.3 is 0 Å². The SMILES string of the molecule is COc1ccc(COC[C@@H]2S[C@H](O)[C@H](F)[C@@H]2OCc2ccc(OC)cc2)cc1. The van der Waals surface area contributed by atoms with E-state index in [4.69, 9.17) is 18.9 Å². The van der Waals surface area contributed by atoms with Crippen molar-refractivity contribution in [2.24, 2.45) is 0 Å². The molecule has 0 aromatic heterocycles. The van der Waals surface area contributed by atoms with Crippen molar-refractivity contribution in [3.63, 3.8) is 0 Å². The first-order valence-electron chi connectivity index (χ1n) is 9.03. The second-order valence-corrected chi connectivity index (χ2v) is 7.86. The Morgan fingerprint density at radius 2 is 1.43 bits per heavy atom. The monoisotopic (exact) mass is 408 g/mol. The maximum Gasteiger partial charge on any atom is 0.162 e. The van der Waals surface area contributed by atoms with Crippen molar-refractivity contribution >= 4 is 11.8 Å². The fourth-order valence-corrected chi connectivity index (χ4v) is 4.18. The third kappa shape index (κ3) is 5.38. The van der Waals surface area contributed by atoms with Crippen LogP contribution in [0.15, 0.2) is 48.5 Å². The van der Waals surface area contributed by atoms with Gasteiger partial charge in [-0.25, -0.2) is 4.39 Å². The number of halogens is 1. The van der Waals surface area contributed by atoms with Gasteiger partial charge in [0.15, 0.2) is 6.17 Å². The Morgan fingerprint density at radius 3 is 1.96 bits per heavy atom. The zero-order chi connectivity index (χ0) is 19.9. The van der Waals surface area contributed by atoms with Crippen LogP contribution in [0, 0.1) is 0 Å². The minimum Gasteiger partial charge on any atom is -0.497 e. The van der Waals surface area contributed by atoms with Gasteiger partial charge in [0.25, 0.3) is 0 Å². The molecule has 5 nitrogen and oxygen atoms in total. The lowest BCUT2D eigenvalue weighted by atomic mass is 10.1. The molecule has 0 radical (unpaired) electrons. The summed E-state index contributed by atoms with van der Waals surface area (Å²) in [5.74, 6) is 1.54. The van der Waals surface area contributed by atoms with Crippen LogP contribution < -0.4 is 9.47 Å². The predicted octanol–water partition coefficient (Wildman–Crippen LogP) is 3.58. The molecule has 3 rings (SSSR count). The molecule has 1 aliphatic heterocycles. The highest BCUT2D eigenvalue weighted by Gasteiger charge is 2.44. The first kappa shape index (κ1) is 20.9. The van der Waals surface area contributed by atoms with Gasteiger partial charge in [0.05, 0.1) is 39.3 Å². The van der Waals surface area contributed by atoms with Crippen LogP contribution in [0.5, 0.6) is 11.5 Å². The number of hydrogen-bond donors (Lipinski definition) is 1. The topological polar surface area (TPSA) is 57.2 Å². The summed E-state index contributed by atoms with van der Waals surface area (Å²) in [6, 6.07) is 15.0. The average molecular weight is 408 g/mol. The van der Waals surface area contributed by atoms with Crippen LogP contribution in [0.3, 0.4) is 0 Å². The van der Waals surface area contributed by atoms with Gasteiger partial charge in [-0.1, -0.05) is 24.3 Å². The standard InChI is InChI=1S/C21H25FO5S/c1-24-16-7-3-14(4-8-16)11-26-13-18-20(19(22)21(23)28-18)27-12-15-5-9-17(25-2)10-6-15/h3-10,18-21,23H,11-13H2,1-2H3/t18-,19+,20+,21-/m0/s1. The highest BCUT2D eigenvalue weighted by molar-refractivity contribution is 8.00. The van der Waals surface area contributed by atoms with Crippen molar-refractivity contribution in [2.75, 3.05) is 20.8 Å². The molecule has 0 aliphatic carbocycles. The molecule has 1 saturated heterocycles. The molecule has 7 heteroatoms. The summed E-state index contributed by atoms with van der Waals surface area (Å²) in [5.41, 5.74) is 0.810. The molecule has 1 heterocycles. The van der Waals surface area contributed by atoms with Crippen molar-refractivity contribution in [1.82, 2.24) is 0 Å². The average Bonchev–Trinajstić information content (AvgIpc) is 3.00. The van der Waals surface area contributed by atoms with E-state index in [-0.39, 0.29) is 11.9 Å². The fraction of sp³-hybridized carbons (Fsp3) is 0.429. The summed E-state index contributed by atoms with van der Waals surface area (Å²) >= 11 is 1.15. The van der Waals surface area contributed by atoms with Crippen molar-refractivity contribution < 1.29 is 28.4 Å². The smallest absolute Gasteiger partial charge is 0.162 e. The predicted molar refractivity (Wildman–Crippen MR) is 107 cm³/mol. The Hall–Kier alpha value is -1.80. The number of hydrogen-bond acceptors (Lipinski definition) is 6. The van der Waals surface area contributed by atoms with E-state index in [1.807, 2.05) is 48.5 Å². The minimum atomic E-state index is -1.45. The second-order valence-electron chi connectivity index (χ2n) is 6.50. The van der Waals surface area contributed by atoms with Gasteiger partial charge in [-0.05, 0) is 35.4 Å². The minimum absolute atomic E-state index is 0.261. The third-order valence-corrected chi connectivity index (χ3v) is 5.87. The van der Waals surface area contributed by atoms with E-state index in [1.54, 1.807) is 14.2 Å². The molecule has 0 amide bonds. The molecule has 0 saturated carbocycles. The zero-order valence-corrected chi connectivity index (χ0v) is 16.7. The molecule has 28 heavy (non-hydrogen) atoms. The summed E-state index contributed by atoms with van der Waals surface area (Å²) in [6.07, 6.45) is -2.17. The van der Waals surface area contributed by atoms with E-state index >= 15 is 0 Å². The van der Waals surface area contributed by atoms with Gasteiger partial charge in [-0.3, -0.25) is 0 Å². The summed E-state index contributed by atoms with van der Waals surface area (Å²) in [6.45, 7) is 0.956. The number of alkyl halides is 1. The van der Waals surface area contributed by atoms with Gasteiger partial charge in [-0.15, -0.1) is 11.8 Å². The number of aliphatic hydroxyl groups excluding tert-OH is 1. The maximum atomic E-state index is 14.4. The van der Waals surface area contributed by atoms with E-state index < -0.39 is 17.7 Å². The van der Waals surface area contributed by atoms with Gasteiger partial charge < -0.3 is 24.1 Å². The number of aliphatic hydroxyl groups is 1. The van der Waals surface area contributed by atoms with Gasteiger partial charge in [-0.2, -0.15) is 0 Å². The van der Waals surface area contributed by atoms with Crippen molar-refractivity contribution in [3.05, 3.63) is 59.7 Å². The molecule has 0 spiro atoms. The Kier molecular flexibility index (Phi) is 7.56. The molecular formula is C21H25FO5S. The summed E-state index contributed by atoms with van der Waals surface area (Å²) in [5, 5.41) is 9.62. The molecule has 1 N–H and O–H groups in total. The van der Waals surface area contributed by atoms with Crippen LogP contribution in [0.1, 0.15) is 11.1 Å². The number of benzene rings is 2. The van der Waals surface area contributed by atoms with Crippen LogP contribution in [0.4, 0.5) is 4.39 Å². The molecule has 0 bridgehead atoms. The molecule has 4 atom stereocenters. The molecule has 0 unspecified atom stereocenters. The van der Waals surface area contributed by atoms with Gasteiger partial charge in [0.1, 0.15) is 23.0 Å². The first-order valence-corrected chi connectivity index (χ1v) is 9.98. The number of thioether (sulfide) groups is 1. The lowest BCUT2D eigenvalue weighted by molar-refractivity contribution is -0.0386. The van der Waals surface area contributed by atoms with Crippen LogP contribution >= 0.6 is 11.8 Å². The molecule has 152 valence electrons. The first-order chi connectivity index (χ1) is 13.6.